The van der Waals surface area contributed by atoms with Gasteiger partial charge in [-0.3, -0.25) is 9.48 Å². The number of aromatic nitrogens is 4. The average molecular weight is 541 g/mol. The van der Waals surface area contributed by atoms with E-state index in [0.29, 0.717) is 34.8 Å². The van der Waals surface area contributed by atoms with Gasteiger partial charge in [-0.25, -0.2) is 14.6 Å². The van der Waals surface area contributed by atoms with Crippen molar-refractivity contribution in [1.82, 2.24) is 25.1 Å². The first kappa shape index (κ1) is 29.4. The number of methoxy groups -OCH3 is 1. The van der Waals surface area contributed by atoms with E-state index >= 15 is 0 Å². The van der Waals surface area contributed by atoms with Gasteiger partial charge in [0.05, 0.1) is 24.4 Å². The van der Waals surface area contributed by atoms with Gasteiger partial charge in [-0.05, 0) is 38.9 Å². The monoisotopic (exact) mass is 540 g/mol. The molecule has 12 heteroatoms. The molecule has 0 amide bonds. The zero-order valence-electron chi connectivity index (χ0n) is 22.7. The molecule has 0 spiro atoms. The van der Waals surface area contributed by atoms with Crippen molar-refractivity contribution in [2.24, 2.45) is 0 Å². The second kappa shape index (κ2) is 13.6. The number of likely N-dealkylation sites (N-methyl/N-ethyl adjacent to an activating group) is 2. The number of hydrogen-bond donors (Lipinski definition) is 4. The summed E-state index contributed by atoms with van der Waals surface area (Å²) in [6.07, 6.45) is 6.86. The Morgan fingerprint density at radius 2 is 1.87 bits per heavy atom. The van der Waals surface area contributed by atoms with Gasteiger partial charge in [0.2, 0.25) is 0 Å². The van der Waals surface area contributed by atoms with E-state index in [-0.39, 0.29) is 11.6 Å². The third-order valence-corrected chi connectivity index (χ3v) is 6.59. The zero-order valence-corrected chi connectivity index (χ0v) is 22.7. The lowest BCUT2D eigenvalue weighted by Crippen LogP contribution is -2.27. The molecule has 2 aromatic heterocycles. The fraction of sp³-hybridized carbons (Fsp3) is 0.444. The number of ether oxygens (including phenoxy) is 1. The predicted molar refractivity (Wildman–Crippen MR) is 149 cm³/mol. The number of aryl methyl sites for hydroxylation is 1. The normalized spacial score (nSPS) is 13.7. The third kappa shape index (κ3) is 7.44. The van der Waals surface area contributed by atoms with Crippen LogP contribution in [0.25, 0.3) is 22.4 Å². The first-order valence-corrected chi connectivity index (χ1v) is 12.8. The number of carbonyl (C=O) groups is 2. The fourth-order valence-electron chi connectivity index (χ4n) is 4.57. The van der Waals surface area contributed by atoms with Gasteiger partial charge in [0.1, 0.15) is 17.1 Å². The molecule has 0 aliphatic heterocycles. The molecule has 1 saturated carbocycles. The Morgan fingerprint density at radius 1 is 1.21 bits per heavy atom. The van der Waals surface area contributed by atoms with Gasteiger partial charge < -0.3 is 30.2 Å². The number of H-pyrrole nitrogens is 1. The predicted octanol–water partition coefficient (Wildman–Crippen LogP) is 2.98. The highest BCUT2D eigenvalue weighted by Crippen LogP contribution is 2.33. The van der Waals surface area contributed by atoms with Crippen LogP contribution in [0.3, 0.4) is 0 Å². The Kier molecular flexibility index (Phi) is 10.2. The highest BCUT2D eigenvalue weighted by molar-refractivity contribution is 5.89. The number of benzene rings is 1. The van der Waals surface area contributed by atoms with Gasteiger partial charge >= 0.3 is 11.9 Å². The maximum absolute atomic E-state index is 13.1. The van der Waals surface area contributed by atoms with Gasteiger partial charge in [-0.15, -0.1) is 0 Å². The summed E-state index contributed by atoms with van der Waals surface area (Å²) in [5, 5.41) is 23.5. The molecular formula is C27H36N6O6. The van der Waals surface area contributed by atoms with Crippen LogP contribution in [0.5, 0.6) is 5.75 Å². The molecule has 1 aliphatic rings. The number of hydrogen-bond acceptors (Lipinski definition) is 8. The Bertz CT molecular complexity index is 1370. The van der Waals surface area contributed by atoms with Crippen molar-refractivity contribution in [3.63, 3.8) is 0 Å². The van der Waals surface area contributed by atoms with Crippen molar-refractivity contribution in [1.29, 1.82) is 0 Å². The van der Waals surface area contributed by atoms with Crippen LogP contribution < -0.4 is 20.5 Å². The molecule has 1 aromatic carbocycles. The summed E-state index contributed by atoms with van der Waals surface area (Å²) in [6.45, 7) is 3.69. The average Bonchev–Trinajstić information content (AvgIpc) is 3.27. The lowest BCUT2D eigenvalue weighted by molar-refractivity contribution is -0.134. The molecular weight excluding hydrogens is 504 g/mol. The molecule has 0 unspecified atom stereocenters. The zero-order chi connectivity index (χ0) is 28.5. The number of aromatic amines is 1. The van der Waals surface area contributed by atoms with Crippen molar-refractivity contribution >= 4 is 28.7 Å². The van der Waals surface area contributed by atoms with Crippen molar-refractivity contribution in [3.8, 4) is 17.1 Å². The molecule has 2 heterocycles. The van der Waals surface area contributed by atoms with Crippen LogP contribution >= 0.6 is 0 Å². The first-order valence-electron chi connectivity index (χ1n) is 12.8. The minimum Gasteiger partial charge on any atom is -0.496 e. The number of carboxylic acid groups (broad SMARTS) is 2. The molecule has 1 fully saturated rings. The summed E-state index contributed by atoms with van der Waals surface area (Å²) in [7, 11) is 5.62. The standard InChI is InChI=1S/C23H32N6O2.C4H4O4/c1-15-20-21(29(27-15)16-8-6-5-7-9-16)23(30)26-22(25-20)18-11-10-17(14-19(18)31-4)28(3)13-12-24-2;5-3(6)1-2-4(7)8/h10-11,14,16,24H,5-9,12-13H2,1-4H3,(H,25,26,30);1-2H,(H,5,6)(H,7,8)/b;2-1+. The van der Waals surface area contributed by atoms with Crippen molar-refractivity contribution in [3.05, 3.63) is 46.4 Å². The fourth-order valence-corrected chi connectivity index (χ4v) is 4.57. The molecule has 210 valence electrons. The van der Waals surface area contributed by atoms with Crippen molar-refractivity contribution < 1.29 is 24.5 Å². The number of anilines is 1. The second-order valence-electron chi connectivity index (χ2n) is 9.35. The van der Waals surface area contributed by atoms with E-state index in [2.05, 4.69) is 15.2 Å². The van der Waals surface area contributed by atoms with Crippen LogP contribution in [0.15, 0.2) is 35.1 Å². The molecule has 1 aliphatic carbocycles. The van der Waals surface area contributed by atoms with E-state index in [1.54, 1.807) is 7.11 Å². The number of rotatable bonds is 9. The van der Waals surface area contributed by atoms with Crippen LogP contribution in [0.2, 0.25) is 0 Å². The smallest absolute Gasteiger partial charge is 0.328 e. The van der Waals surface area contributed by atoms with Crippen LogP contribution in [-0.4, -0.2) is 76.2 Å². The maximum atomic E-state index is 13.1. The lowest BCUT2D eigenvalue weighted by Gasteiger charge is -2.22. The summed E-state index contributed by atoms with van der Waals surface area (Å²) in [5.74, 6) is -1.33. The number of fused-ring (bicyclic) bond motifs is 1. The van der Waals surface area contributed by atoms with E-state index in [0.717, 1.165) is 42.9 Å². The van der Waals surface area contributed by atoms with Gasteiger partial charge in [0.15, 0.2) is 5.52 Å². The Hall–Kier alpha value is -4.19. The summed E-state index contributed by atoms with van der Waals surface area (Å²) in [5.41, 5.74) is 3.69. The molecule has 12 nitrogen and oxygen atoms in total. The van der Waals surface area contributed by atoms with E-state index in [1.807, 2.05) is 43.9 Å². The minimum absolute atomic E-state index is 0.150. The van der Waals surface area contributed by atoms with E-state index in [4.69, 9.17) is 25.0 Å². The molecule has 3 aromatic rings. The van der Waals surface area contributed by atoms with Crippen LogP contribution in [0.1, 0.15) is 43.8 Å². The number of aliphatic carboxylic acids is 2. The first-order chi connectivity index (χ1) is 18.7. The number of nitrogens with one attached hydrogen (secondary N) is 2. The molecule has 4 N–H and O–H groups in total. The van der Waals surface area contributed by atoms with E-state index < -0.39 is 11.9 Å². The van der Waals surface area contributed by atoms with Crippen molar-refractivity contribution in [2.75, 3.05) is 39.2 Å². The Balaban J connectivity index is 0.000000459. The highest BCUT2D eigenvalue weighted by atomic mass is 16.5. The second-order valence-corrected chi connectivity index (χ2v) is 9.35. The Morgan fingerprint density at radius 3 is 2.46 bits per heavy atom. The third-order valence-electron chi connectivity index (χ3n) is 6.59. The molecule has 4 rings (SSSR count). The quantitative estimate of drug-likeness (QED) is 0.297. The summed E-state index contributed by atoms with van der Waals surface area (Å²) in [4.78, 5) is 42.2. The SMILES string of the molecule is CNCCN(C)c1ccc(-c2nc3c(C)nn(C4CCCCC4)c3c(=O)[nH]2)c(OC)c1.O=C(O)/C=C/C(=O)O. The van der Waals surface area contributed by atoms with Crippen LogP contribution in [0.4, 0.5) is 5.69 Å². The largest absolute Gasteiger partial charge is 0.496 e. The molecule has 0 saturated heterocycles. The maximum Gasteiger partial charge on any atom is 0.328 e. The van der Waals surface area contributed by atoms with Gasteiger partial charge in [-0.2, -0.15) is 5.10 Å². The molecule has 0 atom stereocenters. The van der Waals surface area contributed by atoms with Gasteiger partial charge in [0.25, 0.3) is 5.56 Å². The van der Waals surface area contributed by atoms with Gasteiger partial charge in [0, 0.05) is 44.0 Å². The number of nitrogens with zero attached hydrogens (tertiary/aromatic N) is 4. The lowest BCUT2D eigenvalue weighted by atomic mass is 9.95. The topological polar surface area (TPSA) is 163 Å². The van der Waals surface area contributed by atoms with E-state index in [1.165, 1.54) is 19.3 Å². The van der Waals surface area contributed by atoms with Crippen molar-refractivity contribution in [2.45, 2.75) is 45.1 Å². The summed E-state index contributed by atoms with van der Waals surface area (Å²) >= 11 is 0. The minimum atomic E-state index is -1.26. The number of carboxylic acids is 2. The van der Waals surface area contributed by atoms with Crippen LogP contribution in [0, 0.1) is 6.92 Å². The summed E-state index contributed by atoms with van der Waals surface area (Å²) < 4.78 is 7.57. The molecule has 0 radical (unpaired) electrons. The van der Waals surface area contributed by atoms with Gasteiger partial charge in [-0.1, -0.05) is 19.3 Å². The van der Waals surface area contributed by atoms with E-state index in [9.17, 15) is 14.4 Å². The molecule has 39 heavy (non-hydrogen) atoms. The van der Waals surface area contributed by atoms with Crippen LogP contribution in [-0.2, 0) is 9.59 Å². The summed E-state index contributed by atoms with van der Waals surface area (Å²) in [6, 6.07) is 6.24. The molecule has 0 bridgehead atoms. The Labute approximate surface area is 226 Å². The highest BCUT2D eigenvalue weighted by Gasteiger charge is 2.23.